The maximum Gasteiger partial charge on any atom is 0.177 e. The fourth-order valence-corrected chi connectivity index (χ4v) is 4.47. The molecule has 1 aromatic carbocycles. The van der Waals surface area contributed by atoms with Gasteiger partial charge in [-0.15, -0.1) is 11.3 Å². The number of likely N-dealkylation sites (tertiary alicyclic amines) is 1. The van der Waals surface area contributed by atoms with Crippen molar-refractivity contribution in [2.75, 3.05) is 13.6 Å². The lowest BCUT2D eigenvalue weighted by atomic mass is 9.91. The smallest absolute Gasteiger partial charge is 0.177 e. The summed E-state index contributed by atoms with van der Waals surface area (Å²) in [4.78, 5) is 15.9. The zero-order valence-electron chi connectivity index (χ0n) is 12.8. The molecule has 0 N–H and O–H groups in total. The van der Waals surface area contributed by atoms with E-state index in [4.69, 9.17) is 0 Å². The molecule has 1 fully saturated rings. The number of carbonyl (C=O) groups is 1. The first kappa shape index (κ1) is 13.8. The highest BCUT2D eigenvalue weighted by atomic mass is 32.1. The highest BCUT2D eigenvalue weighted by Gasteiger charge is 2.28. The zero-order valence-corrected chi connectivity index (χ0v) is 13.6. The molecule has 1 aliphatic heterocycles. The summed E-state index contributed by atoms with van der Waals surface area (Å²) in [7, 11) is 2.18. The van der Waals surface area contributed by atoms with Crippen molar-refractivity contribution in [2.45, 2.75) is 25.7 Å². The highest BCUT2D eigenvalue weighted by molar-refractivity contribution is 7.12. The van der Waals surface area contributed by atoms with E-state index >= 15 is 0 Å². The van der Waals surface area contributed by atoms with Crippen LogP contribution in [0.5, 0.6) is 0 Å². The van der Waals surface area contributed by atoms with Gasteiger partial charge in [-0.25, -0.2) is 0 Å². The van der Waals surface area contributed by atoms with Crippen LogP contribution in [-0.2, 0) is 6.42 Å². The van der Waals surface area contributed by atoms with Gasteiger partial charge in [-0.3, -0.25) is 4.79 Å². The third kappa shape index (κ3) is 2.12. The van der Waals surface area contributed by atoms with Crippen molar-refractivity contribution in [1.82, 2.24) is 4.90 Å². The average molecular weight is 309 g/mol. The average Bonchev–Trinajstić information content (AvgIpc) is 2.96. The molecule has 1 aromatic heterocycles. The van der Waals surface area contributed by atoms with Gasteiger partial charge in [0.2, 0.25) is 0 Å². The Labute approximate surface area is 135 Å². The Hall–Kier alpha value is -1.87. The maximum atomic E-state index is 12.6. The third-order valence-electron chi connectivity index (χ3n) is 4.73. The molecule has 2 heterocycles. The molecule has 0 saturated carbocycles. The molecule has 2 nitrogen and oxygen atoms in total. The summed E-state index contributed by atoms with van der Waals surface area (Å²) in [6, 6.07) is 10.5. The molecule has 1 aliphatic carbocycles. The molecular formula is C19H19NOS. The number of carbonyl (C=O) groups excluding carboxylic acids is 1. The fraction of sp³-hybridized carbons (Fsp3) is 0.316. The van der Waals surface area contributed by atoms with E-state index in [1.165, 1.54) is 29.7 Å². The van der Waals surface area contributed by atoms with Crippen molar-refractivity contribution < 1.29 is 4.79 Å². The molecule has 3 heteroatoms. The standard InChI is InChI=1S/C19H19NOS/c1-20-10-5-4-8-16(20)18-14-7-3-2-6-13(14)12-17(21)19-15(18)9-11-22-19/h2-3,6-7,9,11H,4-5,8,10,12H2,1H3. The predicted octanol–water partition coefficient (Wildman–Crippen LogP) is 4.36. The number of piperidine rings is 1. The Balaban J connectivity index is 2.03. The maximum absolute atomic E-state index is 12.6. The van der Waals surface area contributed by atoms with Gasteiger partial charge in [0.15, 0.2) is 5.78 Å². The second-order valence-electron chi connectivity index (χ2n) is 6.12. The van der Waals surface area contributed by atoms with Crippen LogP contribution in [-0.4, -0.2) is 24.3 Å². The van der Waals surface area contributed by atoms with Gasteiger partial charge in [-0.05, 0) is 41.8 Å². The number of allylic oxidation sites excluding steroid dienone is 1. The monoisotopic (exact) mass is 309 g/mol. The lowest BCUT2D eigenvalue weighted by molar-refractivity contribution is 0.0997. The van der Waals surface area contributed by atoms with Crippen molar-refractivity contribution in [3.05, 3.63) is 63.0 Å². The van der Waals surface area contributed by atoms with Crippen LogP contribution in [0, 0.1) is 0 Å². The van der Waals surface area contributed by atoms with Crippen molar-refractivity contribution in [3.8, 4) is 0 Å². The molecule has 0 bridgehead atoms. The lowest BCUT2D eigenvalue weighted by Gasteiger charge is -2.31. The molecule has 2 aromatic rings. The number of Topliss-reactive ketones (excluding diaryl/α,β-unsaturated/α-hetero) is 1. The first-order valence-corrected chi connectivity index (χ1v) is 8.77. The lowest BCUT2D eigenvalue weighted by Crippen LogP contribution is -2.25. The van der Waals surface area contributed by atoms with Crippen LogP contribution in [0.15, 0.2) is 41.4 Å². The van der Waals surface area contributed by atoms with Gasteiger partial charge < -0.3 is 4.90 Å². The van der Waals surface area contributed by atoms with Gasteiger partial charge in [0, 0.05) is 36.8 Å². The minimum atomic E-state index is 0.256. The summed E-state index contributed by atoms with van der Waals surface area (Å²) in [6.07, 6.45) is 4.11. The molecule has 4 rings (SSSR count). The van der Waals surface area contributed by atoms with Crippen LogP contribution in [0.25, 0.3) is 5.57 Å². The second kappa shape index (κ2) is 5.40. The second-order valence-corrected chi connectivity index (χ2v) is 7.04. The molecule has 0 amide bonds. The van der Waals surface area contributed by atoms with E-state index in [0.29, 0.717) is 6.42 Å². The normalized spacial score (nSPS) is 21.3. The van der Waals surface area contributed by atoms with Crippen LogP contribution in [0.3, 0.4) is 0 Å². The minimum absolute atomic E-state index is 0.256. The van der Waals surface area contributed by atoms with Gasteiger partial charge in [-0.2, -0.15) is 0 Å². The Bertz CT molecular complexity index is 771. The number of benzene rings is 1. The molecule has 2 aliphatic rings. The van der Waals surface area contributed by atoms with Crippen molar-refractivity contribution >= 4 is 22.7 Å². The van der Waals surface area contributed by atoms with Gasteiger partial charge >= 0.3 is 0 Å². The van der Waals surface area contributed by atoms with Crippen LogP contribution >= 0.6 is 11.3 Å². The third-order valence-corrected chi connectivity index (χ3v) is 5.69. The van der Waals surface area contributed by atoms with E-state index in [-0.39, 0.29) is 5.78 Å². The summed E-state index contributed by atoms with van der Waals surface area (Å²) in [6.45, 7) is 1.11. The molecule has 0 spiro atoms. The molecule has 22 heavy (non-hydrogen) atoms. The Morgan fingerprint density at radius 3 is 2.82 bits per heavy atom. The van der Waals surface area contributed by atoms with Gasteiger partial charge in [0.25, 0.3) is 0 Å². The molecule has 0 atom stereocenters. The van der Waals surface area contributed by atoms with E-state index < -0.39 is 0 Å². The Kier molecular flexibility index (Phi) is 3.38. The zero-order chi connectivity index (χ0) is 15.1. The van der Waals surface area contributed by atoms with Crippen LogP contribution < -0.4 is 0 Å². The SMILES string of the molecule is CN1CCCCC1=C1c2ccccc2CC(=O)c2sccc21. The van der Waals surface area contributed by atoms with E-state index in [1.54, 1.807) is 11.3 Å². The van der Waals surface area contributed by atoms with E-state index in [1.807, 2.05) is 6.07 Å². The highest BCUT2D eigenvalue weighted by Crippen LogP contribution is 2.40. The summed E-state index contributed by atoms with van der Waals surface area (Å²) in [5.41, 5.74) is 6.24. The van der Waals surface area contributed by atoms with Crippen molar-refractivity contribution in [3.63, 3.8) is 0 Å². The van der Waals surface area contributed by atoms with Crippen LogP contribution in [0.2, 0.25) is 0 Å². The van der Waals surface area contributed by atoms with Gasteiger partial charge in [0.05, 0.1) is 4.88 Å². The van der Waals surface area contributed by atoms with Gasteiger partial charge in [0.1, 0.15) is 0 Å². The van der Waals surface area contributed by atoms with Gasteiger partial charge in [-0.1, -0.05) is 24.3 Å². The number of thiophene rings is 1. The van der Waals surface area contributed by atoms with E-state index in [9.17, 15) is 4.79 Å². The number of hydrogen-bond acceptors (Lipinski definition) is 3. The quantitative estimate of drug-likeness (QED) is 0.720. The van der Waals surface area contributed by atoms with Crippen molar-refractivity contribution in [2.24, 2.45) is 0 Å². The first-order chi connectivity index (χ1) is 10.8. The molecule has 0 unspecified atom stereocenters. The summed E-state index contributed by atoms with van der Waals surface area (Å²) >= 11 is 1.58. The predicted molar refractivity (Wildman–Crippen MR) is 91.3 cm³/mol. The Morgan fingerprint density at radius 2 is 1.95 bits per heavy atom. The molecule has 1 saturated heterocycles. The largest absolute Gasteiger partial charge is 0.377 e. The van der Waals surface area contributed by atoms with Crippen LogP contribution in [0.1, 0.15) is 45.6 Å². The fourth-order valence-electron chi connectivity index (χ4n) is 3.63. The molecular weight excluding hydrogens is 290 g/mol. The molecule has 112 valence electrons. The van der Waals surface area contributed by atoms with Crippen LogP contribution in [0.4, 0.5) is 0 Å². The van der Waals surface area contributed by atoms with E-state index in [0.717, 1.165) is 29.0 Å². The van der Waals surface area contributed by atoms with E-state index in [2.05, 4.69) is 41.6 Å². The first-order valence-electron chi connectivity index (χ1n) is 7.89. The number of nitrogens with zero attached hydrogens (tertiary/aromatic N) is 1. The summed E-state index contributed by atoms with van der Waals surface area (Å²) in [5, 5.41) is 2.06. The topological polar surface area (TPSA) is 20.3 Å². The number of rotatable bonds is 0. The van der Waals surface area contributed by atoms with Crippen molar-refractivity contribution in [1.29, 1.82) is 0 Å². The number of ketones is 1. The Morgan fingerprint density at radius 1 is 1.09 bits per heavy atom. The summed E-state index contributed by atoms with van der Waals surface area (Å²) < 4.78 is 0. The molecule has 0 radical (unpaired) electrons. The number of hydrogen-bond donors (Lipinski definition) is 0. The minimum Gasteiger partial charge on any atom is -0.377 e. The summed E-state index contributed by atoms with van der Waals surface area (Å²) in [5.74, 6) is 0.256. The number of fused-ring (bicyclic) bond motifs is 2.